The standard InChI is InChI=1S/C11H13ClN6S/c1-16-3-2-4-17-11(16)8(12)10(15-17)18-6-7(5-14-18)9(13)19/h5-6H,2-4H2,1H3,(H2,13,19). The van der Waals surface area contributed by atoms with Gasteiger partial charge >= 0.3 is 0 Å². The lowest BCUT2D eigenvalue weighted by Gasteiger charge is -2.25. The van der Waals surface area contributed by atoms with Crippen LogP contribution in [0.4, 0.5) is 5.82 Å². The first-order valence-electron chi connectivity index (χ1n) is 5.90. The van der Waals surface area contributed by atoms with Gasteiger partial charge in [0.15, 0.2) is 5.82 Å². The van der Waals surface area contributed by atoms with Crippen molar-refractivity contribution in [1.82, 2.24) is 19.6 Å². The van der Waals surface area contributed by atoms with E-state index in [-0.39, 0.29) is 0 Å². The van der Waals surface area contributed by atoms with Gasteiger partial charge in [-0.2, -0.15) is 5.10 Å². The number of nitrogens with two attached hydrogens (primary N) is 1. The maximum Gasteiger partial charge on any atom is 0.196 e. The zero-order valence-corrected chi connectivity index (χ0v) is 11.9. The molecule has 3 heterocycles. The fourth-order valence-electron chi connectivity index (χ4n) is 2.22. The lowest BCUT2D eigenvalue weighted by atomic mass is 10.3. The van der Waals surface area contributed by atoms with Crippen LogP contribution in [0.25, 0.3) is 5.82 Å². The van der Waals surface area contributed by atoms with E-state index in [1.54, 1.807) is 17.1 Å². The number of aromatic nitrogens is 4. The van der Waals surface area contributed by atoms with Crippen LogP contribution in [0, 0.1) is 0 Å². The van der Waals surface area contributed by atoms with Crippen molar-refractivity contribution in [3.8, 4) is 5.82 Å². The van der Waals surface area contributed by atoms with Gasteiger partial charge in [0, 0.05) is 31.9 Å². The first-order valence-corrected chi connectivity index (χ1v) is 6.69. The van der Waals surface area contributed by atoms with Crippen LogP contribution in [0.2, 0.25) is 5.02 Å². The van der Waals surface area contributed by atoms with Crippen LogP contribution in [0.1, 0.15) is 12.0 Å². The molecule has 100 valence electrons. The van der Waals surface area contributed by atoms with Crippen molar-refractivity contribution in [3.63, 3.8) is 0 Å². The molecule has 1 aliphatic heterocycles. The van der Waals surface area contributed by atoms with Crippen LogP contribution in [0.5, 0.6) is 0 Å². The van der Waals surface area contributed by atoms with Crippen molar-refractivity contribution in [1.29, 1.82) is 0 Å². The van der Waals surface area contributed by atoms with Gasteiger partial charge < -0.3 is 10.6 Å². The fourth-order valence-corrected chi connectivity index (χ4v) is 2.69. The number of aryl methyl sites for hydroxylation is 1. The Labute approximate surface area is 120 Å². The molecule has 0 amide bonds. The van der Waals surface area contributed by atoms with Crippen molar-refractivity contribution in [2.75, 3.05) is 18.5 Å². The maximum atomic E-state index is 6.41. The van der Waals surface area contributed by atoms with E-state index in [1.165, 1.54) is 0 Å². The minimum Gasteiger partial charge on any atom is -0.389 e. The molecule has 0 spiro atoms. The third-order valence-electron chi connectivity index (χ3n) is 3.16. The largest absolute Gasteiger partial charge is 0.389 e. The lowest BCUT2D eigenvalue weighted by Crippen LogP contribution is -2.28. The zero-order valence-electron chi connectivity index (χ0n) is 10.4. The van der Waals surface area contributed by atoms with E-state index in [0.29, 0.717) is 21.4 Å². The quantitative estimate of drug-likeness (QED) is 0.844. The van der Waals surface area contributed by atoms with Gasteiger partial charge in [0.05, 0.1) is 6.20 Å². The van der Waals surface area contributed by atoms with Crippen LogP contribution in [0.3, 0.4) is 0 Å². The Morgan fingerprint density at radius 2 is 2.26 bits per heavy atom. The van der Waals surface area contributed by atoms with Crippen LogP contribution in [-0.2, 0) is 6.54 Å². The number of halogens is 1. The van der Waals surface area contributed by atoms with Gasteiger partial charge in [-0.05, 0) is 6.42 Å². The highest BCUT2D eigenvalue weighted by Crippen LogP contribution is 2.33. The number of thiocarbonyl (C=S) groups is 1. The number of anilines is 1. The fraction of sp³-hybridized carbons (Fsp3) is 0.364. The number of hydrogen-bond acceptors (Lipinski definition) is 4. The molecule has 0 radical (unpaired) electrons. The SMILES string of the molecule is CN1CCCn2nc(-n3cc(C(N)=S)cn3)c(Cl)c21. The monoisotopic (exact) mass is 296 g/mol. The Kier molecular flexibility index (Phi) is 2.94. The van der Waals surface area contributed by atoms with Gasteiger partial charge in [-0.25, -0.2) is 9.36 Å². The molecule has 2 aromatic rings. The first-order chi connectivity index (χ1) is 9.08. The number of rotatable bonds is 2. The van der Waals surface area contributed by atoms with E-state index >= 15 is 0 Å². The second-order valence-electron chi connectivity index (χ2n) is 4.50. The minimum atomic E-state index is 0.309. The molecule has 0 atom stereocenters. The van der Waals surface area contributed by atoms with E-state index in [4.69, 9.17) is 29.6 Å². The Morgan fingerprint density at radius 1 is 1.47 bits per heavy atom. The van der Waals surface area contributed by atoms with E-state index in [9.17, 15) is 0 Å². The molecule has 0 saturated carbocycles. The van der Waals surface area contributed by atoms with Crippen LogP contribution >= 0.6 is 23.8 Å². The maximum absolute atomic E-state index is 6.41. The first kappa shape index (κ1) is 12.4. The Morgan fingerprint density at radius 3 is 2.89 bits per heavy atom. The molecule has 2 aromatic heterocycles. The van der Waals surface area contributed by atoms with Gasteiger partial charge in [-0.3, -0.25) is 0 Å². The van der Waals surface area contributed by atoms with Crippen LogP contribution < -0.4 is 10.6 Å². The van der Waals surface area contributed by atoms with Gasteiger partial charge in [-0.1, -0.05) is 23.8 Å². The average molecular weight is 297 g/mol. The molecule has 2 N–H and O–H groups in total. The normalized spacial score (nSPS) is 14.5. The predicted octanol–water partition coefficient (Wildman–Crippen LogP) is 1.20. The average Bonchev–Trinajstić information content (AvgIpc) is 2.95. The Balaban J connectivity index is 2.08. The van der Waals surface area contributed by atoms with Crippen molar-refractivity contribution >= 4 is 34.6 Å². The molecule has 0 fully saturated rings. The third-order valence-corrected chi connectivity index (χ3v) is 3.74. The van der Waals surface area contributed by atoms with E-state index < -0.39 is 0 Å². The number of hydrogen-bond donors (Lipinski definition) is 1. The van der Waals surface area contributed by atoms with Crippen molar-refractivity contribution in [3.05, 3.63) is 23.0 Å². The number of nitrogens with zero attached hydrogens (tertiary/aromatic N) is 5. The van der Waals surface area contributed by atoms with E-state index in [0.717, 1.165) is 25.3 Å². The molecule has 0 aliphatic carbocycles. The van der Waals surface area contributed by atoms with E-state index in [1.807, 2.05) is 11.7 Å². The summed E-state index contributed by atoms with van der Waals surface area (Å²) in [6.07, 6.45) is 4.40. The predicted molar refractivity (Wildman–Crippen MR) is 78.1 cm³/mol. The topological polar surface area (TPSA) is 64.9 Å². The van der Waals surface area contributed by atoms with Crippen molar-refractivity contribution < 1.29 is 0 Å². The molecule has 8 heteroatoms. The molecule has 0 bridgehead atoms. The molecule has 3 rings (SSSR count). The molecule has 0 unspecified atom stereocenters. The smallest absolute Gasteiger partial charge is 0.196 e. The second kappa shape index (κ2) is 4.50. The van der Waals surface area contributed by atoms with Crippen LogP contribution in [-0.4, -0.2) is 38.1 Å². The highest BCUT2D eigenvalue weighted by molar-refractivity contribution is 7.80. The van der Waals surface area contributed by atoms with Crippen molar-refractivity contribution in [2.45, 2.75) is 13.0 Å². The summed E-state index contributed by atoms with van der Waals surface area (Å²) >= 11 is 11.3. The van der Waals surface area contributed by atoms with Gasteiger partial charge in [0.25, 0.3) is 0 Å². The molecule has 1 aliphatic rings. The summed E-state index contributed by atoms with van der Waals surface area (Å²) in [5.74, 6) is 1.53. The van der Waals surface area contributed by atoms with Crippen LogP contribution in [0.15, 0.2) is 12.4 Å². The molecule has 6 nitrogen and oxygen atoms in total. The Hall–Kier alpha value is -1.60. The third kappa shape index (κ3) is 1.98. The molecule has 0 saturated heterocycles. The summed E-state index contributed by atoms with van der Waals surface area (Å²) in [5.41, 5.74) is 6.27. The number of fused-ring (bicyclic) bond motifs is 1. The van der Waals surface area contributed by atoms with Gasteiger partial charge in [0.2, 0.25) is 0 Å². The zero-order chi connectivity index (χ0) is 13.6. The molecule has 0 aromatic carbocycles. The van der Waals surface area contributed by atoms with Crippen molar-refractivity contribution in [2.24, 2.45) is 5.73 Å². The summed E-state index contributed by atoms with van der Waals surface area (Å²) in [7, 11) is 2.01. The Bertz CT molecular complexity index is 646. The minimum absolute atomic E-state index is 0.309. The highest BCUT2D eigenvalue weighted by atomic mass is 35.5. The summed E-state index contributed by atoms with van der Waals surface area (Å²) in [4.78, 5) is 2.41. The summed E-state index contributed by atoms with van der Waals surface area (Å²) in [5, 5.41) is 9.31. The molecular weight excluding hydrogens is 284 g/mol. The van der Waals surface area contributed by atoms with E-state index in [2.05, 4.69) is 15.1 Å². The molecule has 19 heavy (non-hydrogen) atoms. The van der Waals surface area contributed by atoms with Gasteiger partial charge in [-0.15, -0.1) is 5.10 Å². The van der Waals surface area contributed by atoms with Gasteiger partial charge in [0.1, 0.15) is 15.8 Å². The molecular formula is C11H13ClN6S. The summed E-state index contributed by atoms with van der Waals surface area (Å²) in [6.45, 7) is 1.84. The summed E-state index contributed by atoms with van der Waals surface area (Å²) < 4.78 is 3.51. The summed E-state index contributed by atoms with van der Waals surface area (Å²) in [6, 6.07) is 0. The lowest BCUT2D eigenvalue weighted by molar-refractivity contribution is 0.530. The highest BCUT2D eigenvalue weighted by Gasteiger charge is 2.24. The second-order valence-corrected chi connectivity index (χ2v) is 5.32.